The molecule has 0 spiro atoms. The zero-order chi connectivity index (χ0) is 22.9. The summed E-state index contributed by atoms with van der Waals surface area (Å²) in [5.74, 6) is 0. The van der Waals surface area contributed by atoms with Gasteiger partial charge in [0.25, 0.3) is 0 Å². The Bertz CT molecular complexity index is 1150. The highest BCUT2D eigenvalue weighted by molar-refractivity contribution is 5.99. The van der Waals surface area contributed by atoms with Gasteiger partial charge in [-0.1, -0.05) is 113 Å². The summed E-state index contributed by atoms with van der Waals surface area (Å²) in [6, 6.07) is 27.9. The highest BCUT2D eigenvalue weighted by atomic mass is 14.1. The van der Waals surface area contributed by atoms with Gasteiger partial charge in [-0.15, -0.1) is 0 Å². The molecule has 0 heteroatoms. The van der Waals surface area contributed by atoms with Crippen LogP contribution in [0.15, 0.2) is 72.8 Å². The van der Waals surface area contributed by atoms with Crippen molar-refractivity contribution >= 4 is 21.5 Å². The van der Waals surface area contributed by atoms with Crippen molar-refractivity contribution in [3.05, 3.63) is 83.9 Å². The van der Waals surface area contributed by atoms with Crippen LogP contribution in [0.25, 0.3) is 32.7 Å². The van der Waals surface area contributed by atoms with Gasteiger partial charge < -0.3 is 0 Å². The first-order valence-electron chi connectivity index (χ1n) is 13.3. The zero-order valence-corrected chi connectivity index (χ0v) is 20.7. The molecule has 172 valence electrons. The molecule has 0 aliphatic rings. The maximum atomic E-state index is 2.39. The van der Waals surface area contributed by atoms with Crippen molar-refractivity contribution in [2.24, 2.45) is 0 Å². The van der Waals surface area contributed by atoms with Crippen molar-refractivity contribution in [1.29, 1.82) is 0 Å². The van der Waals surface area contributed by atoms with Crippen LogP contribution < -0.4 is 0 Å². The molecule has 0 saturated heterocycles. The van der Waals surface area contributed by atoms with E-state index < -0.39 is 0 Å². The Balaban J connectivity index is 1.44. The van der Waals surface area contributed by atoms with E-state index in [2.05, 4.69) is 86.6 Å². The van der Waals surface area contributed by atoms with Crippen molar-refractivity contribution in [1.82, 2.24) is 0 Å². The number of hydrogen-bond acceptors (Lipinski definition) is 0. The molecule has 33 heavy (non-hydrogen) atoms. The fourth-order valence-electron chi connectivity index (χ4n) is 4.93. The molecule has 0 amide bonds. The molecule has 0 radical (unpaired) electrons. The van der Waals surface area contributed by atoms with E-state index in [1.807, 2.05) is 0 Å². The Morgan fingerprint density at radius 2 is 0.909 bits per heavy atom. The number of fused-ring (bicyclic) bond motifs is 2. The molecule has 0 N–H and O–H groups in total. The van der Waals surface area contributed by atoms with Crippen LogP contribution in [0.5, 0.6) is 0 Å². The number of benzene rings is 4. The lowest BCUT2D eigenvalue weighted by Gasteiger charge is -2.09. The van der Waals surface area contributed by atoms with E-state index in [9.17, 15) is 0 Å². The van der Waals surface area contributed by atoms with Gasteiger partial charge in [0, 0.05) is 0 Å². The normalized spacial score (nSPS) is 11.5. The Kier molecular flexibility index (Phi) is 8.59. The first kappa shape index (κ1) is 23.6. The molecule has 0 aromatic heterocycles. The third-order valence-corrected chi connectivity index (χ3v) is 7.04. The summed E-state index contributed by atoms with van der Waals surface area (Å²) in [7, 11) is 0. The maximum absolute atomic E-state index is 2.39. The van der Waals surface area contributed by atoms with Crippen molar-refractivity contribution in [2.45, 2.75) is 84.5 Å². The minimum Gasteiger partial charge on any atom is -0.0654 e. The molecular weight excluding hydrogens is 396 g/mol. The van der Waals surface area contributed by atoms with Gasteiger partial charge in [-0.25, -0.2) is 0 Å². The van der Waals surface area contributed by atoms with Crippen LogP contribution in [-0.2, 0) is 12.8 Å². The van der Waals surface area contributed by atoms with Crippen molar-refractivity contribution in [3.63, 3.8) is 0 Å². The number of rotatable bonds is 12. The van der Waals surface area contributed by atoms with Crippen molar-refractivity contribution in [3.8, 4) is 11.1 Å². The van der Waals surface area contributed by atoms with Gasteiger partial charge >= 0.3 is 0 Å². The fourth-order valence-corrected chi connectivity index (χ4v) is 4.93. The average Bonchev–Trinajstić information content (AvgIpc) is 2.85. The summed E-state index contributed by atoms with van der Waals surface area (Å²) in [5, 5.41) is 5.36. The summed E-state index contributed by atoms with van der Waals surface area (Å²) in [6.07, 6.45) is 14.4. The summed E-state index contributed by atoms with van der Waals surface area (Å²) in [6.45, 7) is 4.55. The standard InChI is InChI=1S/C33H40/c1-3-5-7-8-9-11-12-26-14-17-28(18-15-26)29-20-21-31-24-32-22-27(13-10-6-4-2)16-19-30(32)25-33(31)23-29/h14-25H,3-13H2,1-2H3. The second-order valence-electron chi connectivity index (χ2n) is 9.77. The average molecular weight is 437 g/mol. The van der Waals surface area contributed by atoms with E-state index in [-0.39, 0.29) is 0 Å². The van der Waals surface area contributed by atoms with Crippen LogP contribution in [0.4, 0.5) is 0 Å². The first-order valence-corrected chi connectivity index (χ1v) is 13.3. The van der Waals surface area contributed by atoms with Crippen LogP contribution in [-0.4, -0.2) is 0 Å². The quantitative estimate of drug-likeness (QED) is 0.153. The highest BCUT2D eigenvalue weighted by Crippen LogP contribution is 2.29. The third-order valence-electron chi connectivity index (χ3n) is 7.04. The van der Waals surface area contributed by atoms with Crippen LogP contribution in [0.2, 0.25) is 0 Å². The van der Waals surface area contributed by atoms with E-state index in [1.165, 1.54) is 114 Å². The lowest BCUT2D eigenvalue weighted by Crippen LogP contribution is -1.88. The molecule has 4 rings (SSSR count). The highest BCUT2D eigenvalue weighted by Gasteiger charge is 2.04. The number of unbranched alkanes of at least 4 members (excludes halogenated alkanes) is 7. The van der Waals surface area contributed by atoms with Gasteiger partial charge in [0.05, 0.1) is 0 Å². The minimum absolute atomic E-state index is 1.19. The molecule has 0 saturated carbocycles. The van der Waals surface area contributed by atoms with Crippen LogP contribution in [0.3, 0.4) is 0 Å². The number of aryl methyl sites for hydroxylation is 2. The molecule has 0 fully saturated rings. The van der Waals surface area contributed by atoms with E-state index in [1.54, 1.807) is 0 Å². The molecule has 0 heterocycles. The van der Waals surface area contributed by atoms with Gasteiger partial charge in [0.1, 0.15) is 0 Å². The van der Waals surface area contributed by atoms with E-state index in [0.717, 1.165) is 0 Å². The van der Waals surface area contributed by atoms with Gasteiger partial charge in [-0.05, 0) is 87.7 Å². The Hall–Kier alpha value is -2.60. The van der Waals surface area contributed by atoms with E-state index >= 15 is 0 Å². The van der Waals surface area contributed by atoms with E-state index in [0.29, 0.717) is 0 Å². The molecule has 0 bridgehead atoms. The molecule has 0 unspecified atom stereocenters. The second-order valence-corrected chi connectivity index (χ2v) is 9.77. The molecule has 4 aromatic carbocycles. The summed E-state index contributed by atoms with van der Waals surface area (Å²) in [4.78, 5) is 0. The lowest BCUT2D eigenvalue weighted by molar-refractivity contribution is 0.607. The molecule has 0 atom stereocenters. The van der Waals surface area contributed by atoms with Crippen LogP contribution in [0, 0.1) is 0 Å². The zero-order valence-electron chi connectivity index (χ0n) is 20.7. The van der Waals surface area contributed by atoms with Crippen LogP contribution >= 0.6 is 0 Å². The molecule has 0 nitrogen and oxygen atoms in total. The van der Waals surface area contributed by atoms with E-state index in [4.69, 9.17) is 0 Å². The Labute approximate surface area is 201 Å². The molecule has 4 aromatic rings. The molecule has 0 aliphatic carbocycles. The topological polar surface area (TPSA) is 0 Å². The first-order chi connectivity index (χ1) is 16.3. The summed E-state index contributed by atoms with van der Waals surface area (Å²) < 4.78 is 0. The third kappa shape index (κ3) is 6.47. The van der Waals surface area contributed by atoms with Gasteiger partial charge in [-0.3, -0.25) is 0 Å². The molecule has 0 aliphatic heterocycles. The smallest absolute Gasteiger partial charge is 0.0171 e. The predicted molar refractivity (Wildman–Crippen MR) is 147 cm³/mol. The van der Waals surface area contributed by atoms with Gasteiger partial charge in [0.2, 0.25) is 0 Å². The monoisotopic (exact) mass is 436 g/mol. The largest absolute Gasteiger partial charge is 0.0654 e. The second kappa shape index (κ2) is 12.0. The van der Waals surface area contributed by atoms with Gasteiger partial charge in [-0.2, -0.15) is 0 Å². The van der Waals surface area contributed by atoms with Crippen molar-refractivity contribution < 1.29 is 0 Å². The Morgan fingerprint density at radius 1 is 0.394 bits per heavy atom. The summed E-state index contributed by atoms with van der Waals surface area (Å²) in [5.41, 5.74) is 5.56. The van der Waals surface area contributed by atoms with Gasteiger partial charge in [0.15, 0.2) is 0 Å². The summed E-state index contributed by atoms with van der Waals surface area (Å²) >= 11 is 0. The maximum Gasteiger partial charge on any atom is -0.0171 e. The molecular formula is C33H40. The van der Waals surface area contributed by atoms with Crippen molar-refractivity contribution in [2.75, 3.05) is 0 Å². The van der Waals surface area contributed by atoms with Crippen LogP contribution in [0.1, 0.15) is 82.8 Å². The fraction of sp³-hybridized carbons (Fsp3) is 0.394. The SMILES string of the molecule is CCCCCCCCc1ccc(-c2ccc3cc4cc(CCCCC)ccc4cc3c2)cc1. The lowest BCUT2D eigenvalue weighted by atomic mass is 9.96. The number of hydrogen-bond donors (Lipinski definition) is 0. The predicted octanol–water partition coefficient (Wildman–Crippen LogP) is 10.3. The Morgan fingerprint density at radius 3 is 1.67 bits per heavy atom. The minimum atomic E-state index is 1.19.